The Kier molecular flexibility index (Phi) is 6.34. The number of benzene rings is 2. The maximum Gasteiger partial charge on any atom is 0.337 e. The molecule has 0 unspecified atom stereocenters. The summed E-state index contributed by atoms with van der Waals surface area (Å²) in [6.07, 6.45) is 1.80. The van der Waals surface area contributed by atoms with Gasteiger partial charge in [-0.25, -0.2) is 9.78 Å². The summed E-state index contributed by atoms with van der Waals surface area (Å²) in [6.45, 7) is 7.99. The zero-order valence-corrected chi connectivity index (χ0v) is 17.1. The normalized spacial score (nSPS) is 11.2. The van der Waals surface area contributed by atoms with E-state index in [1.807, 2.05) is 37.3 Å². The molecule has 0 amide bonds. The summed E-state index contributed by atoms with van der Waals surface area (Å²) >= 11 is 0. The van der Waals surface area contributed by atoms with Gasteiger partial charge in [-0.05, 0) is 55.2 Å². The first-order chi connectivity index (χ1) is 13.5. The average molecular weight is 380 g/mol. The van der Waals surface area contributed by atoms with E-state index in [2.05, 4.69) is 30.5 Å². The van der Waals surface area contributed by atoms with E-state index >= 15 is 0 Å². The Labute approximate surface area is 166 Å². The number of imidazole rings is 1. The summed E-state index contributed by atoms with van der Waals surface area (Å²) in [5.74, 6) is 2.14. The van der Waals surface area contributed by atoms with Crippen molar-refractivity contribution in [1.29, 1.82) is 0 Å². The minimum absolute atomic E-state index is 0.341. The lowest BCUT2D eigenvalue weighted by molar-refractivity contribution is 0.0601. The lowest BCUT2D eigenvalue weighted by Crippen LogP contribution is -2.07. The third-order valence-electron chi connectivity index (χ3n) is 4.78. The van der Waals surface area contributed by atoms with Gasteiger partial charge in [0.05, 0.1) is 30.3 Å². The molecule has 5 nitrogen and oxygen atoms in total. The van der Waals surface area contributed by atoms with Gasteiger partial charge in [0.25, 0.3) is 0 Å². The third-order valence-corrected chi connectivity index (χ3v) is 4.78. The first-order valence-electron chi connectivity index (χ1n) is 9.81. The fourth-order valence-corrected chi connectivity index (χ4v) is 3.25. The van der Waals surface area contributed by atoms with Crippen LogP contribution in [0, 0.1) is 5.92 Å². The van der Waals surface area contributed by atoms with Gasteiger partial charge in [0.1, 0.15) is 11.6 Å². The minimum Gasteiger partial charge on any atom is -0.494 e. The number of carbonyl (C=O) groups excluding carboxylic acids is 1. The number of fused-ring (bicyclic) bond motifs is 1. The number of hydrogen-bond acceptors (Lipinski definition) is 4. The highest BCUT2D eigenvalue weighted by Gasteiger charge is 2.15. The Morgan fingerprint density at radius 2 is 1.89 bits per heavy atom. The van der Waals surface area contributed by atoms with Crippen LogP contribution in [0.3, 0.4) is 0 Å². The van der Waals surface area contributed by atoms with Gasteiger partial charge in [0.15, 0.2) is 0 Å². The van der Waals surface area contributed by atoms with Crippen molar-refractivity contribution < 1.29 is 14.3 Å². The number of nitrogens with zero attached hydrogens (tertiary/aromatic N) is 2. The van der Waals surface area contributed by atoms with Gasteiger partial charge < -0.3 is 14.0 Å². The van der Waals surface area contributed by atoms with Crippen molar-refractivity contribution in [2.75, 3.05) is 13.7 Å². The summed E-state index contributed by atoms with van der Waals surface area (Å²) in [6, 6.07) is 13.7. The Hall–Kier alpha value is -2.82. The topological polar surface area (TPSA) is 53.4 Å². The zero-order chi connectivity index (χ0) is 20.1. The number of ether oxygens (including phenoxy) is 2. The first-order valence-corrected chi connectivity index (χ1v) is 9.81. The molecular formula is C23H28N2O3. The summed E-state index contributed by atoms with van der Waals surface area (Å²) in [4.78, 5) is 16.7. The van der Waals surface area contributed by atoms with Crippen LogP contribution in [0.1, 0.15) is 48.9 Å². The first kappa shape index (κ1) is 19.9. The minimum atomic E-state index is -0.341. The van der Waals surface area contributed by atoms with Crippen molar-refractivity contribution in [1.82, 2.24) is 9.55 Å². The van der Waals surface area contributed by atoms with Crippen molar-refractivity contribution in [3.05, 3.63) is 59.4 Å². The molecule has 0 aliphatic rings. The van der Waals surface area contributed by atoms with E-state index in [1.165, 1.54) is 12.7 Å². The highest BCUT2D eigenvalue weighted by atomic mass is 16.5. The molecule has 2 aromatic carbocycles. The number of methoxy groups -OCH3 is 1. The number of hydrogen-bond donors (Lipinski definition) is 0. The Bertz CT molecular complexity index is 942. The SMILES string of the molecule is CCOc1ccc(Cc2nc3cc(C(=O)OC)ccc3n2CCC(C)C)cc1. The van der Waals surface area contributed by atoms with Crippen LogP contribution in [0.4, 0.5) is 0 Å². The average Bonchev–Trinajstić information content (AvgIpc) is 3.03. The molecule has 0 N–H and O–H groups in total. The maximum absolute atomic E-state index is 11.9. The molecule has 0 fully saturated rings. The van der Waals surface area contributed by atoms with Crippen LogP contribution < -0.4 is 4.74 Å². The molecule has 0 aliphatic carbocycles. The Balaban J connectivity index is 1.95. The fourth-order valence-electron chi connectivity index (χ4n) is 3.25. The van der Waals surface area contributed by atoms with Gasteiger partial charge in [0.2, 0.25) is 0 Å². The van der Waals surface area contributed by atoms with Gasteiger partial charge in [-0.1, -0.05) is 26.0 Å². The van der Waals surface area contributed by atoms with Crippen molar-refractivity contribution in [3.8, 4) is 5.75 Å². The van der Waals surface area contributed by atoms with Crippen LogP contribution in [0.25, 0.3) is 11.0 Å². The van der Waals surface area contributed by atoms with E-state index < -0.39 is 0 Å². The van der Waals surface area contributed by atoms with Gasteiger partial charge in [0, 0.05) is 13.0 Å². The molecule has 0 radical (unpaired) electrons. The lowest BCUT2D eigenvalue weighted by atomic mass is 10.1. The number of aromatic nitrogens is 2. The standard InChI is InChI=1S/C23H28N2O3/c1-5-28-19-9-6-17(7-10-19)14-22-24-20-15-18(23(26)27-4)8-11-21(20)25(22)13-12-16(2)3/h6-11,15-16H,5,12-14H2,1-4H3. The molecule has 1 aromatic heterocycles. The molecule has 0 bridgehead atoms. The molecule has 28 heavy (non-hydrogen) atoms. The highest BCUT2D eigenvalue weighted by Crippen LogP contribution is 2.23. The fraction of sp³-hybridized carbons (Fsp3) is 0.391. The van der Waals surface area contributed by atoms with E-state index in [4.69, 9.17) is 14.5 Å². The summed E-state index contributed by atoms with van der Waals surface area (Å²) in [5, 5.41) is 0. The van der Waals surface area contributed by atoms with Crippen LogP contribution in [0.2, 0.25) is 0 Å². The molecule has 0 aliphatic heterocycles. The summed E-state index contributed by atoms with van der Waals surface area (Å²) in [7, 11) is 1.39. The third kappa shape index (κ3) is 4.53. The van der Waals surface area contributed by atoms with Gasteiger partial charge in [-0.3, -0.25) is 0 Å². The second-order valence-electron chi connectivity index (χ2n) is 7.31. The molecule has 3 aromatic rings. The van der Waals surface area contributed by atoms with Crippen LogP contribution in [0.5, 0.6) is 5.75 Å². The predicted molar refractivity (Wildman–Crippen MR) is 111 cm³/mol. The van der Waals surface area contributed by atoms with Crippen molar-refractivity contribution in [2.24, 2.45) is 5.92 Å². The summed E-state index contributed by atoms with van der Waals surface area (Å²) < 4.78 is 12.6. The number of carbonyl (C=O) groups is 1. The van der Waals surface area contributed by atoms with Gasteiger partial charge >= 0.3 is 5.97 Å². The highest BCUT2D eigenvalue weighted by molar-refractivity contribution is 5.93. The molecule has 0 saturated carbocycles. The molecule has 5 heteroatoms. The van der Waals surface area contributed by atoms with E-state index in [0.29, 0.717) is 18.1 Å². The lowest BCUT2D eigenvalue weighted by Gasteiger charge is -2.11. The van der Waals surface area contributed by atoms with E-state index in [0.717, 1.165) is 42.0 Å². The smallest absolute Gasteiger partial charge is 0.337 e. The molecule has 0 spiro atoms. The van der Waals surface area contributed by atoms with Crippen LogP contribution in [0.15, 0.2) is 42.5 Å². The van der Waals surface area contributed by atoms with E-state index in [-0.39, 0.29) is 5.97 Å². The van der Waals surface area contributed by atoms with Crippen molar-refractivity contribution in [3.63, 3.8) is 0 Å². The quantitative estimate of drug-likeness (QED) is 0.524. The van der Waals surface area contributed by atoms with Gasteiger partial charge in [-0.15, -0.1) is 0 Å². The Morgan fingerprint density at radius 3 is 2.54 bits per heavy atom. The van der Waals surface area contributed by atoms with E-state index in [9.17, 15) is 4.79 Å². The maximum atomic E-state index is 11.9. The molecule has 0 atom stereocenters. The summed E-state index contributed by atoms with van der Waals surface area (Å²) in [5.41, 5.74) is 3.58. The monoisotopic (exact) mass is 380 g/mol. The zero-order valence-electron chi connectivity index (χ0n) is 17.1. The number of aryl methyl sites for hydroxylation is 1. The van der Waals surface area contributed by atoms with E-state index in [1.54, 1.807) is 0 Å². The molecular weight excluding hydrogens is 352 g/mol. The molecule has 3 rings (SSSR count). The van der Waals surface area contributed by atoms with Crippen LogP contribution in [-0.4, -0.2) is 29.2 Å². The second kappa shape index (κ2) is 8.91. The Morgan fingerprint density at radius 1 is 1.14 bits per heavy atom. The van der Waals surface area contributed by atoms with Crippen LogP contribution >= 0.6 is 0 Å². The second-order valence-corrected chi connectivity index (χ2v) is 7.31. The van der Waals surface area contributed by atoms with Gasteiger partial charge in [-0.2, -0.15) is 0 Å². The molecule has 1 heterocycles. The predicted octanol–water partition coefficient (Wildman–Crippen LogP) is 4.86. The number of rotatable bonds is 8. The molecule has 148 valence electrons. The largest absolute Gasteiger partial charge is 0.494 e. The van der Waals surface area contributed by atoms with Crippen LogP contribution in [-0.2, 0) is 17.7 Å². The van der Waals surface area contributed by atoms with Crippen molar-refractivity contribution in [2.45, 2.75) is 40.2 Å². The molecule has 0 saturated heterocycles. The number of esters is 1. The van der Waals surface area contributed by atoms with Crippen molar-refractivity contribution >= 4 is 17.0 Å².